The van der Waals surface area contributed by atoms with Crippen molar-refractivity contribution in [2.24, 2.45) is 0 Å². The standard InChI is InChI=1S/C12H11N5O2/c13-10-5-8(15-16-10)12(19)17-6-11(18)14-7-3-1-2-4-9(7)17/h1-5H,6H2,(H,14,18)(H3,13,15,16). The maximum atomic E-state index is 12.3. The monoisotopic (exact) mass is 257 g/mol. The third kappa shape index (κ3) is 1.90. The van der Waals surface area contributed by atoms with Gasteiger partial charge in [0.25, 0.3) is 5.91 Å². The SMILES string of the molecule is Nc1cc(C(=O)N2CC(=O)Nc3ccccc32)[nH]n1. The molecule has 3 rings (SSSR count). The summed E-state index contributed by atoms with van der Waals surface area (Å²) >= 11 is 0. The zero-order valence-corrected chi connectivity index (χ0v) is 9.88. The molecule has 0 radical (unpaired) electrons. The van der Waals surface area contributed by atoms with E-state index in [2.05, 4.69) is 15.5 Å². The normalized spacial score (nSPS) is 13.9. The number of H-pyrrole nitrogens is 1. The van der Waals surface area contributed by atoms with E-state index in [0.29, 0.717) is 11.4 Å². The van der Waals surface area contributed by atoms with Crippen LogP contribution in [0.5, 0.6) is 0 Å². The summed E-state index contributed by atoms with van der Waals surface area (Å²) in [6, 6.07) is 8.55. The molecule has 2 heterocycles. The smallest absolute Gasteiger partial charge is 0.276 e. The minimum atomic E-state index is -0.341. The number of aromatic nitrogens is 2. The molecule has 4 N–H and O–H groups in total. The molecule has 1 aromatic carbocycles. The van der Waals surface area contributed by atoms with Crippen LogP contribution < -0.4 is 16.0 Å². The van der Waals surface area contributed by atoms with Gasteiger partial charge in [0, 0.05) is 6.07 Å². The third-order valence-electron chi connectivity index (χ3n) is 2.84. The number of hydrogen-bond donors (Lipinski definition) is 3. The average Bonchev–Trinajstić information content (AvgIpc) is 2.83. The predicted molar refractivity (Wildman–Crippen MR) is 69.7 cm³/mol. The fourth-order valence-corrected chi connectivity index (χ4v) is 2.01. The Morgan fingerprint density at radius 1 is 1.37 bits per heavy atom. The highest BCUT2D eigenvalue weighted by atomic mass is 16.2. The van der Waals surface area contributed by atoms with Crippen LogP contribution in [-0.2, 0) is 4.79 Å². The van der Waals surface area contributed by atoms with Crippen LogP contribution >= 0.6 is 0 Å². The number of carbonyl (C=O) groups excluding carboxylic acids is 2. The molecule has 0 atom stereocenters. The summed E-state index contributed by atoms with van der Waals surface area (Å²) in [6.07, 6.45) is 0. The Hall–Kier alpha value is -2.83. The van der Waals surface area contributed by atoms with Gasteiger partial charge in [-0.1, -0.05) is 12.1 Å². The number of benzene rings is 1. The molecule has 1 aliphatic heterocycles. The minimum Gasteiger partial charge on any atom is -0.382 e. The van der Waals surface area contributed by atoms with Gasteiger partial charge >= 0.3 is 0 Å². The lowest BCUT2D eigenvalue weighted by atomic mass is 10.2. The van der Waals surface area contributed by atoms with Crippen molar-refractivity contribution >= 4 is 29.0 Å². The summed E-state index contributed by atoms with van der Waals surface area (Å²) < 4.78 is 0. The summed E-state index contributed by atoms with van der Waals surface area (Å²) in [7, 11) is 0. The summed E-state index contributed by atoms with van der Waals surface area (Å²) in [5.41, 5.74) is 6.99. The first kappa shape index (κ1) is 11.3. The third-order valence-corrected chi connectivity index (χ3v) is 2.84. The topological polar surface area (TPSA) is 104 Å². The summed E-state index contributed by atoms with van der Waals surface area (Å²) in [5.74, 6) is -0.343. The van der Waals surface area contributed by atoms with Crippen LogP contribution in [0.3, 0.4) is 0 Å². The molecule has 0 saturated heterocycles. The summed E-state index contributed by atoms with van der Waals surface area (Å²) in [6.45, 7) is -0.0330. The average molecular weight is 257 g/mol. The highest BCUT2D eigenvalue weighted by molar-refractivity contribution is 6.14. The van der Waals surface area contributed by atoms with Gasteiger partial charge in [-0.3, -0.25) is 19.6 Å². The van der Waals surface area contributed by atoms with Crippen molar-refractivity contribution < 1.29 is 9.59 Å². The van der Waals surface area contributed by atoms with E-state index in [4.69, 9.17) is 5.73 Å². The van der Waals surface area contributed by atoms with Gasteiger partial charge in [-0.25, -0.2) is 0 Å². The number of nitrogen functional groups attached to an aromatic ring is 1. The first-order valence-corrected chi connectivity index (χ1v) is 5.67. The maximum absolute atomic E-state index is 12.3. The molecule has 96 valence electrons. The zero-order chi connectivity index (χ0) is 13.4. The van der Waals surface area contributed by atoms with Crippen molar-refractivity contribution in [3.8, 4) is 0 Å². The first-order chi connectivity index (χ1) is 9.15. The van der Waals surface area contributed by atoms with E-state index in [-0.39, 0.29) is 29.9 Å². The molecular formula is C12H11N5O2. The van der Waals surface area contributed by atoms with Crippen LogP contribution in [0.1, 0.15) is 10.5 Å². The number of para-hydroxylation sites is 2. The largest absolute Gasteiger partial charge is 0.382 e. The molecule has 7 heteroatoms. The highest BCUT2D eigenvalue weighted by Gasteiger charge is 2.28. The lowest BCUT2D eigenvalue weighted by Gasteiger charge is -2.28. The molecule has 0 aliphatic carbocycles. The number of anilines is 3. The van der Waals surface area contributed by atoms with Gasteiger partial charge in [0.1, 0.15) is 18.1 Å². The van der Waals surface area contributed by atoms with E-state index in [0.717, 1.165) is 0 Å². The van der Waals surface area contributed by atoms with Crippen molar-refractivity contribution in [2.45, 2.75) is 0 Å². The molecule has 0 bridgehead atoms. The Balaban J connectivity index is 2.01. The fourth-order valence-electron chi connectivity index (χ4n) is 2.01. The summed E-state index contributed by atoms with van der Waals surface area (Å²) in [4.78, 5) is 25.4. The molecule has 1 aliphatic rings. The molecule has 0 spiro atoms. The Labute approximate surface area is 108 Å². The van der Waals surface area contributed by atoms with E-state index in [1.54, 1.807) is 24.3 Å². The molecule has 1 aromatic heterocycles. The Bertz CT molecular complexity index is 664. The van der Waals surface area contributed by atoms with Gasteiger partial charge in [0.2, 0.25) is 5.91 Å². The van der Waals surface area contributed by atoms with Gasteiger partial charge in [0.05, 0.1) is 11.4 Å². The van der Waals surface area contributed by atoms with Gasteiger partial charge < -0.3 is 11.1 Å². The predicted octanol–water partition coefficient (Wildman–Crippen LogP) is 0.591. The second kappa shape index (κ2) is 4.13. The Morgan fingerprint density at radius 2 is 2.16 bits per heavy atom. The van der Waals surface area contributed by atoms with E-state index in [9.17, 15) is 9.59 Å². The number of nitrogens with one attached hydrogen (secondary N) is 2. The molecular weight excluding hydrogens is 246 g/mol. The van der Waals surface area contributed by atoms with Crippen LogP contribution in [0.25, 0.3) is 0 Å². The second-order valence-electron chi connectivity index (χ2n) is 4.16. The number of hydrogen-bond acceptors (Lipinski definition) is 4. The van der Waals surface area contributed by atoms with Crippen molar-refractivity contribution in [2.75, 3.05) is 22.5 Å². The van der Waals surface area contributed by atoms with E-state index in [1.807, 2.05) is 0 Å². The summed E-state index contributed by atoms with van der Waals surface area (Å²) in [5, 5.41) is 8.98. The Morgan fingerprint density at radius 3 is 2.89 bits per heavy atom. The Kier molecular flexibility index (Phi) is 2.45. The van der Waals surface area contributed by atoms with Crippen molar-refractivity contribution in [3.05, 3.63) is 36.0 Å². The minimum absolute atomic E-state index is 0.0330. The van der Waals surface area contributed by atoms with Crippen molar-refractivity contribution in [3.63, 3.8) is 0 Å². The van der Waals surface area contributed by atoms with E-state index >= 15 is 0 Å². The van der Waals surface area contributed by atoms with Crippen molar-refractivity contribution in [1.29, 1.82) is 0 Å². The zero-order valence-electron chi connectivity index (χ0n) is 9.88. The van der Waals surface area contributed by atoms with Crippen LogP contribution in [0, 0.1) is 0 Å². The van der Waals surface area contributed by atoms with E-state index < -0.39 is 0 Å². The van der Waals surface area contributed by atoms with Gasteiger partial charge in [0.15, 0.2) is 0 Å². The van der Waals surface area contributed by atoms with Gasteiger partial charge in [-0.05, 0) is 12.1 Å². The highest BCUT2D eigenvalue weighted by Crippen LogP contribution is 2.29. The number of carbonyl (C=O) groups is 2. The molecule has 2 amide bonds. The molecule has 2 aromatic rings. The lowest BCUT2D eigenvalue weighted by molar-refractivity contribution is -0.115. The molecule has 0 saturated carbocycles. The number of nitrogens with two attached hydrogens (primary N) is 1. The fraction of sp³-hybridized carbons (Fsp3) is 0.0833. The number of nitrogens with zero attached hydrogens (tertiary/aromatic N) is 2. The van der Waals surface area contributed by atoms with Gasteiger partial charge in [-0.2, -0.15) is 5.10 Å². The molecule has 0 fully saturated rings. The lowest BCUT2D eigenvalue weighted by Crippen LogP contribution is -2.42. The molecule has 19 heavy (non-hydrogen) atoms. The van der Waals surface area contributed by atoms with E-state index in [1.165, 1.54) is 11.0 Å². The van der Waals surface area contributed by atoms with Crippen LogP contribution in [0.4, 0.5) is 17.2 Å². The molecule has 7 nitrogen and oxygen atoms in total. The second-order valence-corrected chi connectivity index (χ2v) is 4.16. The van der Waals surface area contributed by atoms with Gasteiger partial charge in [-0.15, -0.1) is 0 Å². The number of rotatable bonds is 1. The van der Waals surface area contributed by atoms with Crippen LogP contribution in [0.15, 0.2) is 30.3 Å². The maximum Gasteiger partial charge on any atom is 0.276 e. The number of fused-ring (bicyclic) bond motifs is 1. The van der Waals surface area contributed by atoms with Crippen LogP contribution in [-0.4, -0.2) is 28.6 Å². The quantitative estimate of drug-likeness (QED) is 0.695. The molecule has 0 unspecified atom stereocenters. The number of aromatic amines is 1. The van der Waals surface area contributed by atoms with Crippen LogP contribution in [0.2, 0.25) is 0 Å². The van der Waals surface area contributed by atoms with Crippen molar-refractivity contribution in [1.82, 2.24) is 10.2 Å². The first-order valence-electron chi connectivity index (χ1n) is 5.67. The number of amides is 2.